The van der Waals surface area contributed by atoms with E-state index >= 15 is 4.39 Å². The molecule has 4 nitrogen and oxygen atoms in total. The van der Waals surface area contributed by atoms with Gasteiger partial charge in [-0.25, -0.2) is 18.7 Å². The average molecular weight is 414 g/mol. The first-order chi connectivity index (χ1) is 15.6. The summed E-state index contributed by atoms with van der Waals surface area (Å²) in [4.78, 5) is 21.8. The molecule has 0 bridgehead atoms. The predicted octanol–water partition coefficient (Wildman–Crippen LogP) is 4.80. The second-order valence-electron chi connectivity index (χ2n) is 6.40. The second-order valence-corrected chi connectivity index (χ2v) is 6.81. The highest BCUT2D eigenvalue weighted by Crippen LogP contribution is 2.32. The fraction of sp³-hybridized carbons (Fsp3) is 0.476. The maximum absolute atomic E-state index is 16.0. The van der Waals surface area contributed by atoms with E-state index in [0.29, 0.717) is 0 Å². The summed E-state index contributed by atoms with van der Waals surface area (Å²) >= 11 is 5.72. The molecule has 1 aliphatic heterocycles. The molecule has 2 aromatic rings. The lowest BCUT2D eigenvalue weighted by Gasteiger charge is -2.36. The van der Waals surface area contributed by atoms with Crippen LogP contribution in [-0.4, -0.2) is 39.5 Å². The Balaban J connectivity index is 1.72. The number of alkyl halides is 1. The lowest BCUT2D eigenvalue weighted by molar-refractivity contribution is 0.0389. The Morgan fingerprint density at radius 3 is 2.79 bits per heavy atom. The van der Waals surface area contributed by atoms with E-state index in [1.807, 2.05) is 0 Å². The standard InChI is InChI=1S/C21H24ClF2N3O/c1-2-15-13-25-19(26-14-15)4-3-7-21(24)8-10-27(11-9-21)20(28)16-5-6-18(23)17(22)12-16/h5-6,12-14H,2-4,7-11H2,1H3/i2D2,7D2,8D2. The fourth-order valence-electron chi connectivity index (χ4n) is 2.80. The van der Waals surface area contributed by atoms with E-state index < -0.39 is 55.9 Å². The van der Waals surface area contributed by atoms with Crippen molar-refractivity contribution < 1.29 is 21.8 Å². The van der Waals surface area contributed by atoms with Crippen LogP contribution in [0.15, 0.2) is 30.6 Å². The largest absolute Gasteiger partial charge is 0.338 e. The van der Waals surface area contributed by atoms with Gasteiger partial charge in [0.15, 0.2) is 0 Å². The van der Waals surface area contributed by atoms with Gasteiger partial charge >= 0.3 is 0 Å². The third-order valence-electron chi connectivity index (χ3n) is 4.48. The van der Waals surface area contributed by atoms with Gasteiger partial charge in [0.25, 0.3) is 5.91 Å². The molecule has 0 saturated carbocycles. The molecule has 1 fully saturated rings. The molecule has 0 radical (unpaired) electrons. The van der Waals surface area contributed by atoms with E-state index in [-0.39, 0.29) is 34.9 Å². The molecule has 28 heavy (non-hydrogen) atoms. The van der Waals surface area contributed by atoms with Gasteiger partial charge < -0.3 is 4.90 Å². The molecule has 150 valence electrons. The van der Waals surface area contributed by atoms with Crippen LogP contribution in [0.2, 0.25) is 5.02 Å². The molecule has 0 N–H and O–H groups in total. The molecule has 7 heteroatoms. The summed E-state index contributed by atoms with van der Waals surface area (Å²) in [5, 5.41) is -0.271. The number of piperidine rings is 1. The molecule has 0 aliphatic carbocycles. The first-order valence-corrected chi connectivity index (χ1v) is 9.20. The summed E-state index contributed by atoms with van der Waals surface area (Å²) in [7, 11) is 0. The third kappa shape index (κ3) is 5.04. The van der Waals surface area contributed by atoms with Gasteiger partial charge in [-0.2, -0.15) is 0 Å². The number of benzene rings is 1. The van der Waals surface area contributed by atoms with Crippen LogP contribution in [0.1, 0.15) is 62.5 Å². The van der Waals surface area contributed by atoms with E-state index in [4.69, 9.17) is 19.8 Å². The number of carbonyl (C=O) groups excluding carboxylic acids is 1. The zero-order valence-corrected chi connectivity index (χ0v) is 16.1. The number of nitrogens with zero attached hydrogens (tertiary/aromatic N) is 3. The van der Waals surface area contributed by atoms with Gasteiger partial charge in [-0.15, -0.1) is 0 Å². The smallest absolute Gasteiger partial charge is 0.253 e. The topological polar surface area (TPSA) is 46.1 Å². The number of aryl methyl sites for hydroxylation is 2. The van der Waals surface area contributed by atoms with Crippen molar-refractivity contribution in [2.24, 2.45) is 0 Å². The number of aromatic nitrogens is 2. The summed E-state index contributed by atoms with van der Waals surface area (Å²) in [5.41, 5.74) is -2.62. The highest BCUT2D eigenvalue weighted by molar-refractivity contribution is 6.31. The Morgan fingerprint density at radius 2 is 2.14 bits per heavy atom. The quantitative estimate of drug-likeness (QED) is 0.683. The van der Waals surface area contributed by atoms with Crippen molar-refractivity contribution in [3.63, 3.8) is 0 Å². The first-order valence-electron chi connectivity index (χ1n) is 11.8. The predicted molar refractivity (Wildman–Crippen MR) is 105 cm³/mol. The van der Waals surface area contributed by atoms with Crippen LogP contribution in [0.25, 0.3) is 0 Å². The summed E-state index contributed by atoms with van der Waals surface area (Å²) in [6.45, 7) is 0.425. The number of likely N-dealkylation sites (tertiary alicyclic amines) is 1. The number of amides is 1. The third-order valence-corrected chi connectivity index (χ3v) is 4.77. The molecule has 2 heterocycles. The molecule has 3 rings (SSSR count). The maximum atomic E-state index is 16.0. The van der Waals surface area contributed by atoms with Crippen LogP contribution in [-0.2, 0) is 12.8 Å². The van der Waals surface area contributed by atoms with E-state index in [0.717, 1.165) is 17.0 Å². The Hall–Kier alpha value is -2.08. The number of hydrogen-bond donors (Lipinski definition) is 0. The Kier molecular flexibility index (Phi) is 4.47. The van der Waals surface area contributed by atoms with Crippen LogP contribution in [0.3, 0.4) is 0 Å². The molecule has 0 spiro atoms. The van der Waals surface area contributed by atoms with Crippen LogP contribution in [0.5, 0.6) is 0 Å². The number of carbonyl (C=O) groups is 1. The number of halogens is 3. The van der Waals surface area contributed by atoms with Crippen LogP contribution in [0.4, 0.5) is 8.78 Å². The summed E-state index contributed by atoms with van der Waals surface area (Å²) < 4.78 is 77.9. The van der Waals surface area contributed by atoms with E-state index in [9.17, 15) is 9.18 Å². The van der Waals surface area contributed by atoms with Crippen molar-refractivity contribution in [2.45, 2.75) is 51.0 Å². The monoisotopic (exact) mass is 413 g/mol. The molecular weight excluding hydrogens is 384 g/mol. The zero-order valence-electron chi connectivity index (χ0n) is 21.3. The minimum absolute atomic E-state index is 0.0219. The SMILES string of the molecule is [2H]C([2H])(C)c1cnc(CCC([2H])([2H])C2(F)CCN(C(=O)c3ccc(F)c(Cl)c3)CC2([2H])[2H])nc1. The van der Waals surface area contributed by atoms with Gasteiger partial charge in [0.1, 0.15) is 17.3 Å². The van der Waals surface area contributed by atoms with E-state index in [1.165, 1.54) is 25.4 Å². The minimum atomic E-state index is -2.89. The Morgan fingerprint density at radius 1 is 1.39 bits per heavy atom. The first kappa shape index (κ1) is 14.0. The van der Waals surface area contributed by atoms with Gasteiger partial charge in [0, 0.05) is 45.7 Å². The molecule has 1 saturated heterocycles. The van der Waals surface area contributed by atoms with Gasteiger partial charge in [0.2, 0.25) is 0 Å². The van der Waals surface area contributed by atoms with Crippen molar-refractivity contribution in [1.82, 2.24) is 14.9 Å². The highest BCUT2D eigenvalue weighted by Gasteiger charge is 2.35. The molecule has 1 aromatic carbocycles. The van der Waals surface area contributed by atoms with Crippen LogP contribution < -0.4 is 0 Å². The summed E-state index contributed by atoms with van der Waals surface area (Å²) in [6, 6.07) is 3.32. The normalized spacial score (nSPS) is 25.6. The lowest BCUT2D eigenvalue weighted by Crippen LogP contribution is -2.44. The fourth-order valence-corrected chi connectivity index (χ4v) is 2.98. The molecular formula is C21H24ClF2N3O. The molecule has 1 aliphatic rings. The molecule has 1 atom stereocenters. The minimum Gasteiger partial charge on any atom is -0.338 e. The molecule has 1 amide bonds. The Labute approximate surface area is 177 Å². The summed E-state index contributed by atoms with van der Waals surface area (Å²) in [6.07, 6.45) is -5.46. The second kappa shape index (κ2) is 8.95. The lowest BCUT2D eigenvalue weighted by atomic mass is 9.88. The maximum Gasteiger partial charge on any atom is 0.253 e. The van der Waals surface area contributed by atoms with Gasteiger partial charge in [-0.3, -0.25) is 4.79 Å². The van der Waals surface area contributed by atoms with Crippen molar-refractivity contribution in [3.05, 3.63) is 58.4 Å². The van der Waals surface area contributed by atoms with Crippen LogP contribution >= 0.6 is 11.6 Å². The van der Waals surface area contributed by atoms with Gasteiger partial charge in [-0.1, -0.05) is 18.5 Å². The average Bonchev–Trinajstić information content (AvgIpc) is 2.75. The van der Waals surface area contributed by atoms with Crippen molar-refractivity contribution in [2.75, 3.05) is 13.1 Å². The van der Waals surface area contributed by atoms with Crippen molar-refractivity contribution in [1.29, 1.82) is 0 Å². The van der Waals surface area contributed by atoms with Crippen LogP contribution in [0, 0.1) is 5.82 Å². The summed E-state index contributed by atoms with van der Waals surface area (Å²) in [5.74, 6) is -1.19. The molecule has 1 aromatic heterocycles. The van der Waals surface area contributed by atoms with Gasteiger partial charge in [0.05, 0.1) is 5.02 Å². The molecule has 1 unspecified atom stereocenters. The Bertz CT molecular complexity index is 1070. The van der Waals surface area contributed by atoms with Crippen molar-refractivity contribution >= 4 is 17.5 Å². The highest BCUT2D eigenvalue weighted by atomic mass is 35.5. The van der Waals surface area contributed by atoms with E-state index in [2.05, 4.69) is 9.97 Å². The van der Waals surface area contributed by atoms with Crippen molar-refractivity contribution in [3.8, 4) is 0 Å². The van der Waals surface area contributed by atoms with Gasteiger partial charge in [-0.05, 0) is 55.7 Å². The number of rotatable bonds is 6. The van der Waals surface area contributed by atoms with E-state index in [1.54, 1.807) is 0 Å². The zero-order chi connectivity index (χ0) is 25.5. The number of hydrogen-bond acceptors (Lipinski definition) is 3.